The quantitative estimate of drug-likeness (QED) is 0.639. The Morgan fingerprint density at radius 2 is 2.04 bits per heavy atom. The molecule has 0 aliphatic heterocycles. The van der Waals surface area contributed by atoms with E-state index in [-0.39, 0.29) is 5.91 Å². The van der Waals surface area contributed by atoms with Crippen LogP contribution in [0, 0.1) is 6.92 Å². The summed E-state index contributed by atoms with van der Waals surface area (Å²) in [6, 6.07) is 8.88. The van der Waals surface area contributed by atoms with Crippen LogP contribution in [0.25, 0.3) is 11.8 Å². The van der Waals surface area contributed by atoms with Gasteiger partial charge in [0.1, 0.15) is 6.33 Å². The van der Waals surface area contributed by atoms with Crippen molar-refractivity contribution in [3.05, 3.63) is 58.9 Å². The van der Waals surface area contributed by atoms with E-state index in [1.165, 1.54) is 26.6 Å². The van der Waals surface area contributed by atoms with Gasteiger partial charge < -0.3 is 14.8 Å². The fraction of sp³-hybridized carbons (Fsp3) is 0.158. The van der Waals surface area contributed by atoms with Crippen LogP contribution in [0.4, 0.5) is 5.69 Å². The third kappa shape index (κ3) is 4.29. The normalized spacial score (nSPS) is 10.9. The zero-order valence-electron chi connectivity index (χ0n) is 15.5. The van der Waals surface area contributed by atoms with Crippen molar-refractivity contribution >= 4 is 29.3 Å². The summed E-state index contributed by atoms with van der Waals surface area (Å²) in [6.07, 6.45) is 4.57. The molecule has 2 aromatic carbocycles. The number of rotatable bonds is 6. The zero-order chi connectivity index (χ0) is 20.1. The fourth-order valence-electron chi connectivity index (χ4n) is 2.65. The number of methoxy groups -OCH3 is 2. The Hall–Kier alpha value is -3.39. The molecule has 3 aromatic rings. The van der Waals surface area contributed by atoms with E-state index >= 15 is 0 Å². The molecule has 9 heteroatoms. The largest absolute Gasteiger partial charge is 0.493 e. The maximum atomic E-state index is 12.2. The van der Waals surface area contributed by atoms with Gasteiger partial charge >= 0.3 is 0 Å². The van der Waals surface area contributed by atoms with Crippen LogP contribution >= 0.6 is 11.6 Å². The van der Waals surface area contributed by atoms with Crippen molar-refractivity contribution in [2.45, 2.75) is 6.92 Å². The Morgan fingerprint density at radius 1 is 1.21 bits per heavy atom. The molecule has 0 aliphatic rings. The van der Waals surface area contributed by atoms with Crippen LogP contribution in [-0.4, -0.2) is 40.3 Å². The Bertz CT molecular complexity index is 1020. The van der Waals surface area contributed by atoms with Crippen molar-refractivity contribution in [1.29, 1.82) is 0 Å². The molecule has 0 fully saturated rings. The van der Waals surface area contributed by atoms with E-state index in [2.05, 4.69) is 20.8 Å². The summed E-state index contributed by atoms with van der Waals surface area (Å²) >= 11 is 6.18. The molecule has 0 bridgehead atoms. The van der Waals surface area contributed by atoms with E-state index in [4.69, 9.17) is 21.1 Å². The summed E-state index contributed by atoms with van der Waals surface area (Å²) < 4.78 is 12.0. The summed E-state index contributed by atoms with van der Waals surface area (Å²) in [4.78, 5) is 12.2. The summed E-state index contributed by atoms with van der Waals surface area (Å²) in [5.74, 6) is 0.660. The topological polar surface area (TPSA) is 91.2 Å². The summed E-state index contributed by atoms with van der Waals surface area (Å²) in [5, 5.41) is 14.3. The van der Waals surface area contributed by atoms with E-state index in [0.717, 1.165) is 11.3 Å². The van der Waals surface area contributed by atoms with Crippen LogP contribution in [0.1, 0.15) is 11.1 Å². The van der Waals surface area contributed by atoms with Crippen molar-refractivity contribution in [3.63, 3.8) is 0 Å². The number of carbonyl (C=O) groups excluding carboxylic acids is 1. The predicted octanol–water partition coefficient (Wildman–Crippen LogP) is 3.29. The Morgan fingerprint density at radius 3 is 2.68 bits per heavy atom. The van der Waals surface area contributed by atoms with Gasteiger partial charge in [0, 0.05) is 11.8 Å². The highest BCUT2D eigenvalue weighted by Gasteiger charge is 2.10. The van der Waals surface area contributed by atoms with Crippen LogP contribution in [0.2, 0.25) is 5.02 Å². The van der Waals surface area contributed by atoms with Crippen LogP contribution in [0.5, 0.6) is 11.5 Å². The molecule has 0 atom stereocenters. The Labute approximate surface area is 166 Å². The zero-order valence-corrected chi connectivity index (χ0v) is 16.3. The first-order chi connectivity index (χ1) is 13.5. The van der Waals surface area contributed by atoms with Gasteiger partial charge in [0.05, 0.1) is 24.9 Å². The number of benzene rings is 2. The molecule has 144 valence electrons. The number of hydrogen-bond acceptors (Lipinski definition) is 6. The van der Waals surface area contributed by atoms with Gasteiger partial charge in [0.15, 0.2) is 11.5 Å². The number of halogens is 1. The number of amides is 1. The number of carbonyl (C=O) groups is 1. The molecular weight excluding hydrogens is 382 g/mol. The molecule has 0 saturated heterocycles. The lowest BCUT2D eigenvalue weighted by Gasteiger charge is -2.10. The average Bonchev–Trinajstić information content (AvgIpc) is 3.20. The number of aromatic nitrogens is 4. The van der Waals surface area contributed by atoms with Gasteiger partial charge in [-0.1, -0.05) is 11.6 Å². The third-order valence-corrected chi connectivity index (χ3v) is 4.22. The van der Waals surface area contributed by atoms with Gasteiger partial charge in [-0.3, -0.25) is 4.79 Å². The second kappa shape index (κ2) is 8.53. The lowest BCUT2D eigenvalue weighted by Crippen LogP contribution is -2.08. The van der Waals surface area contributed by atoms with Crippen LogP contribution in [-0.2, 0) is 4.79 Å². The average molecular weight is 400 g/mol. The van der Waals surface area contributed by atoms with E-state index < -0.39 is 0 Å². The molecule has 0 spiro atoms. The highest BCUT2D eigenvalue weighted by atomic mass is 35.5. The molecule has 0 radical (unpaired) electrons. The first-order valence-corrected chi connectivity index (χ1v) is 8.64. The number of nitrogens with zero attached hydrogens (tertiary/aromatic N) is 4. The standard InChI is InChI=1S/C19H18ClN5O3/c1-12-8-14(5-6-16(12)25-11-21-23-24-25)22-18(26)7-4-13-9-15(20)19(28-3)17(10-13)27-2/h4-11H,1-3H3,(H,22,26)/b7-4+. The molecule has 28 heavy (non-hydrogen) atoms. The SMILES string of the molecule is COc1cc(/C=C/C(=O)Nc2ccc(-n3cnnn3)c(C)c2)cc(Cl)c1OC. The Balaban J connectivity index is 1.72. The molecule has 1 N–H and O–H groups in total. The molecule has 8 nitrogen and oxygen atoms in total. The smallest absolute Gasteiger partial charge is 0.248 e. The Kier molecular flexibility index (Phi) is 5.90. The monoisotopic (exact) mass is 399 g/mol. The van der Waals surface area contributed by atoms with Crippen molar-refractivity contribution in [2.75, 3.05) is 19.5 Å². The number of tetrazole rings is 1. The van der Waals surface area contributed by atoms with Gasteiger partial charge in [-0.05, 0) is 64.9 Å². The highest BCUT2D eigenvalue weighted by Crippen LogP contribution is 2.36. The molecule has 0 unspecified atom stereocenters. The van der Waals surface area contributed by atoms with E-state index in [1.807, 2.05) is 19.1 Å². The second-order valence-corrected chi connectivity index (χ2v) is 6.22. The van der Waals surface area contributed by atoms with Crippen LogP contribution in [0.3, 0.4) is 0 Å². The highest BCUT2D eigenvalue weighted by molar-refractivity contribution is 6.32. The summed E-state index contributed by atoms with van der Waals surface area (Å²) in [5.41, 5.74) is 3.12. The first kappa shape index (κ1) is 19.4. The minimum absolute atomic E-state index is 0.277. The lowest BCUT2D eigenvalue weighted by molar-refractivity contribution is -0.111. The number of hydrogen-bond donors (Lipinski definition) is 1. The second-order valence-electron chi connectivity index (χ2n) is 5.82. The van der Waals surface area contributed by atoms with Gasteiger partial charge in [0.25, 0.3) is 0 Å². The van der Waals surface area contributed by atoms with Gasteiger partial charge in [-0.15, -0.1) is 5.10 Å². The van der Waals surface area contributed by atoms with Gasteiger partial charge in [-0.2, -0.15) is 0 Å². The van der Waals surface area contributed by atoms with Crippen molar-refractivity contribution in [1.82, 2.24) is 20.2 Å². The lowest BCUT2D eigenvalue weighted by atomic mass is 10.1. The third-order valence-electron chi connectivity index (χ3n) is 3.94. The molecule has 0 saturated carbocycles. The summed E-state index contributed by atoms with van der Waals surface area (Å²) in [7, 11) is 3.04. The van der Waals surface area contributed by atoms with E-state index in [1.54, 1.807) is 29.0 Å². The van der Waals surface area contributed by atoms with E-state index in [9.17, 15) is 4.79 Å². The number of nitrogens with one attached hydrogen (secondary N) is 1. The van der Waals surface area contributed by atoms with Gasteiger partial charge in [0.2, 0.25) is 5.91 Å². The van der Waals surface area contributed by atoms with Crippen molar-refractivity contribution < 1.29 is 14.3 Å². The molecule has 0 aliphatic carbocycles. The molecule has 3 rings (SSSR count). The molecule has 1 aromatic heterocycles. The molecular formula is C19H18ClN5O3. The van der Waals surface area contributed by atoms with Crippen LogP contribution in [0.15, 0.2) is 42.7 Å². The maximum absolute atomic E-state index is 12.2. The number of anilines is 1. The number of ether oxygens (including phenoxy) is 2. The minimum Gasteiger partial charge on any atom is -0.493 e. The fourth-order valence-corrected chi connectivity index (χ4v) is 2.95. The van der Waals surface area contributed by atoms with E-state index in [0.29, 0.717) is 27.8 Å². The summed E-state index contributed by atoms with van der Waals surface area (Å²) in [6.45, 7) is 1.91. The molecule has 1 amide bonds. The van der Waals surface area contributed by atoms with Gasteiger partial charge in [-0.25, -0.2) is 4.68 Å². The minimum atomic E-state index is -0.277. The predicted molar refractivity (Wildman–Crippen MR) is 106 cm³/mol. The first-order valence-electron chi connectivity index (χ1n) is 8.26. The number of aryl methyl sites for hydroxylation is 1. The van der Waals surface area contributed by atoms with Crippen molar-refractivity contribution in [3.8, 4) is 17.2 Å². The molecule has 1 heterocycles. The van der Waals surface area contributed by atoms with Crippen molar-refractivity contribution in [2.24, 2.45) is 0 Å². The van der Waals surface area contributed by atoms with Crippen LogP contribution < -0.4 is 14.8 Å². The maximum Gasteiger partial charge on any atom is 0.248 e.